The molecule has 41 heteroatoms. The fraction of sp³-hybridized carbons (Fsp3) is 0.718. The minimum Gasteiger partial charge on any atom is -0.508 e. The second-order valence-electron chi connectivity index (χ2n) is 31.7. The number of aliphatic hydroxyl groups excluding tert-OH is 3. The number of hydrogen-bond donors (Lipinski definition) is 25. The average molecular weight is 1690 g/mol. The van der Waals surface area contributed by atoms with Crippen LogP contribution in [0.25, 0.3) is 0 Å². The lowest BCUT2D eigenvalue weighted by Crippen LogP contribution is -2.64. The molecule has 0 aromatic heterocycles. The summed E-state index contributed by atoms with van der Waals surface area (Å²) in [5.41, 5.74) is 29.4. The van der Waals surface area contributed by atoms with Crippen LogP contribution in [-0.4, -0.2) is 261 Å². The summed E-state index contributed by atoms with van der Waals surface area (Å²) in [6, 6.07) is -17.2. The fourth-order valence-corrected chi connectivity index (χ4v) is 12.1. The Kier molecular flexibility index (Phi) is 50.3. The normalized spacial score (nSPS) is 15.7. The van der Waals surface area contributed by atoms with Crippen molar-refractivity contribution in [3.05, 3.63) is 29.8 Å². The standard InChI is InChI=1S/C78H137N19O22/c1-39(2)36-54(69(109)93-58(40(3)4)72(112)88-53(30-31-57(102)103)65(105)84-44(11)78(118)119)89-73(113)59(41(5)6)94-70(110)55(37-47-26-28-48(101)29-27-47)90-76(116)62(45(12)99)96-71(111)56(38-98)91-77(117)63(46(13)100)97-75(115)61(43(9)10)95-74(114)60(42(7)8)92-68(108)52(25-17-21-35-82)87-67(107)51(24-16-20-34-81)86-66(106)50(23-15-19-33-80)85-64(104)49(83)22-14-18-32-79/h26-29,39-46,49-56,58-63,98-101H,14-25,30-38,79-83H2,1-13H3,(H,84,105)(H,85,104)(H,86,106)(H,87,107)(H,88,112)(H,89,113)(H,90,116)(H,91,117)(H,92,108)(H,93,109)(H,94,110)(H,95,114)(H,96,111)(H,97,115)(H,102,103)(H,118,119)/t44-,45+,46+,49-,50-,51-,52-,53-,54-,55-,56-,58-,59-,60-,61-,62-,63-/m0/s1. The minimum atomic E-state index is -2.01. The molecule has 0 spiro atoms. The predicted octanol–water partition coefficient (Wildman–Crippen LogP) is -5.04. The first-order valence-electron chi connectivity index (χ1n) is 40.8. The summed E-state index contributed by atoms with van der Waals surface area (Å²) in [7, 11) is 0. The maximum Gasteiger partial charge on any atom is 0.325 e. The predicted molar refractivity (Wildman–Crippen MR) is 438 cm³/mol. The van der Waals surface area contributed by atoms with E-state index >= 15 is 0 Å². The summed E-state index contributed by atoms with van der Waals surface area (Å²) < 4.78 is 0. The highest BCUT2D eigenvalue weighted by atomic mass is 16.4. The highest BCUT2D eigenvalue weighted by molar-refractivity contribution is 6.01. The number of carbonyl (C=O) groups excluding carboxylic acids is 14. The molecule has 0 aliphatic rings. The van der Waals surface area contributed by atoms with Crippen molar-refractivity contribution in [3.63, 3.8) is 0 Å². The lowest BCUT2D eigenvalue weighted by Gasteiger charge is -2.31. The monoisotopic (exact) mass is 1690 g/mol. The molecule has 1 rings (SSSR count). The summed E-state index contributed by atoms with van der Waals surface area (Å²) in [6.07, 6.45) is -0.817. The lowest BCUT2D eigenvalue weighted by molar-refractivity contribution is -0.142. The summed E-state index contributed by atoms with van der Waals surface area (Å²) in [5, 5.41) is 96.5. The highest BCUT2D eigenvalue weighted by Gasteiger charge is 2.41. The van der Waals surface area contributed by atoms with Crippen molar-refractivity contribution >= 4 is 94.6 Å². The van der Waals surface area contributed by atoms with E-state index in [9.17, 15) is 107 Å². The molecule has 676 valence electrons. The second kappa shape index (κ2) is 55.9. The van der Waals surface area contributed by atoms with Crippen LogP contribution < -0.4 is 103 Å². The third-order valence-electron chi connectivity index (χ3n) is 19.3. The van der Waals surface area contributed by atoms with Gasteiger partial charge in [0.2, 0.25) is 82.7 Å². The largest absolute Gasteiger partial charge is 0.508 e. The van der Waals surface area contributed by atoms with Crippen molar-refractivity contribution in [1.29, 1.82) is 0 Å². The van der Waals surface area contributed by atoms with Crippen molar-refractivity contribution in [2.45, 2.75) is 296 Å². The van der Waals surface area contributed by atoms with Crippen molar-refractivity contribution in [2.75, 3.05) is 32.8 Å². The Hall–Kier alpha value is -9.78. The van der Waals surface area contributed by atoms with E-state index in [1.54, 1.807) is 41.5 Å². The van der Waals surface area contributed by atoms with Crippen molar-refractivity contribution in [2.24, 2.45) is 58.3 Å². The lowest BCUT2D eigenvalue weighted by atomic mass is 9.97. The van der Waals surface area contributed by atoms with Crippen molar-refractivity contribution < 1.29 is 107 Å². The molecule has 0 saturated heterocycles. The van der Waals surface area contributed by atoms with Gasteiger partial charge in [0.1, 0.15) is 90.3 Å². The summed E-state index contributed by atoms with van der Waals surface area (Å²) >= 11 is 0. The number of aliphatic hydroxyl groups is 3. The van der Waals surface area contributed by atoms with Crippen LogP contribution >= 0.6 is 0 Å². The number of phenols is 1. The van der Waals surface area contributed by atoms with E-state index in [4.69, 9.17) is 28.7 Å². The molecule has 14 amide bonds. The van der Waals surface area contributed by atoms with E-state index in [0.717, 1.165) is 20.8 Å². The number of amides is 14. The van der Waals surface area contributed by atoms with E-state index < -0.39 is 241 Å². The Morgan fingerprint density at radius 3 is 0.966 bits per heavy atom. The molecule has 119 heavy (non-hydrogen) atoms. The molecule has 0 aliphatic carbocycles. The number of carbonyl (C=O) groups is 16. The Labute approximate surface area is 695 Å². The number of phenolic OH excluding ortho intramolecular Hbond substituents is 1. The Bertz CT molecular complexity index is 3440. The Morgan fingerprint density at radius 2 is 0.605 bits per heavy atom. The zero-order valence-corrected chi connectivity index (χ0v) is 71.0. The van der Waals surface area contributed by atoms with E-state index in [2.05, 4.69) is 74.4 Å². The number of aromatic hydroxyl groups is 1. The molecule has 17 atom stereocenters. The number of carboxylic acids is 2. The summed E-state index contributed by atoms with van der Waals surface area (Å²) in [4.78, 5) is 220. The second-order valence-corrected chi connectivity index (χ2v) is 31.7. The number of rotatable bonds is 59. The van der Waals surface area contributed by atoms with Crippen LogP contribution in [0.2, 0.25) is 0 Å². The van der Waals surface area contributed by atoms with Crippen LogP contribution in [0.4, 0.5) is 0 Å². The van der Waals surface area contributed by atoms with Crippen molar-refractivity contribution in [3.8, 4) is 5.75 Å². The third kappa shape index (κ3) is 39.8. The highest BCUT2D eigenvalue weighted by Crippen LogP contribution is 2.18. The maximum atomic E-state index is 14.6. The SMILES string of the molecule is CC(C)C[C@H](NC(=O)[C@@H](NC(=O)[C@H](Cc1ccc(O)cc1)NC(=O)[C@@H](NC(=O)[C@H](CO)NC(=O)[C@@H](NC(=O)[C@@H](NC(=O)[C@@H](NC(=O)[C@H](CCCCN)NC(=O)[C@H](CCCCN)NC(=O)[C@H](CCCCN)NC(=O)[C@@H](N)CCCCN)C(C)C)C(C)C)[C@@H](C)O)[C@@H](C)O)C(C)C)C(=O)N[C@H](C(=O)N[C@@H](CCC(=O)O)C(=O)N[C@@H](C)C(=O)O)C(C)C. The average Bonchev–Trinajstić information content (AvgIpc) is 0.843. The topological polar surface area (TPSA) is 693 Å². The molecule has 1 aromatic rings. The van der Waals surface area contributed by atoms with Gasteiger partial charge in [-0.1, -0.05) is 87.8 Å². The van der Waals surface area contributed by atoms with E-state index in [1.165, 1.54) is 52.0 Å². The molecule has 0 radical (unpaired) electrons. The molecule has 0 aliphatic heterocycles. The number of benzene rings is 1. The fourth-order valence-electron chi connectivity index (χ4n) is 12.1. The first kappa shape index (κ1) is 107. The van der Waals surface area contributed by atoms with Gasteiger partial charge in [-0.05, 0) is 178 Å². The molecule has 41 nitrogen and oxygen atoms in total. The molecule has 30 N–H and O–H groups in total. The number of unbranched alkanes of at least 4 members (excludes halogenated alkanes) is 4. The number of aliphatic carboxylic acids is 2. The van der Waals surface area contributed by atoms with Gasteiger partial charge in [-0.25, -0.2) is 0 Å². The quantitative estimate of drug-likeness (QED) is 0.0272. The van der Waals surface area contributed by atoms with E-state index in [0.29, 0.717) is 76.4 Å². The van der Waals surface area contributed by atoms with Crippen LogP contribution in [0.15, 0.2) is 24.3 Å². The van der Waals surface area contributed by atoms with E-state index in [-0.39, 0.29) is 56.9 Å². The summed E-state index contributed by atoms with van der Waals surface area (Å²) in [6.45, 7) is 19.1. The first-order valence-corrected chi connectivity index (χ1v) is 40.8. The van der Waals surface area contributed by atoms with Crippen molar-refractivity contribution in [1.82, 2.24) is 74.4 Å². The number of nitrogens with one attached hydrogen (secondary N) is 14. The third-order valence-corrected chi connectivity index (χ3v) is 19.3. The van der Waals surface area contributed by atoms with Gasteiger partial charge in [-0.15, -0.1) is 0 Å². The minimum absolute atomic E-state index is 0.00894. The zero-order valence-electron chi connectivity index (χ0n) is 71.0. The van der Waals surface area contributed by atoms with Gasteiger partial charge in [-0.2, -0.15) is 0 Å². The van der Waals surface area contributed by atoms with Gasteiger partial charge < -0.3 is 134 Å². The smallest absolute Gasteiger partial charge is 0.325 e. The van der Waals surface area contributed by atoms with E-state index in [1.807, 2.05) is 0 Å². The number of nitrogens with two attached hydrogens (primary N) is 5. The van der Waals surface area contributed by atoms with Gasteiger partial charge in [0.05, 0.1) is 24.9 Å². The Balaban J connectivity index is 3.58. The zero-order chi connectivity index (χ0) is 90.7. The van der Waals surface area contributed by atoms with Gasteiger partial charge in [0.15, 0.2) is 0 Å². The van der Waals surface area contributed by atoms with Crippen LogP contribution in [-0.2, 0) is 83.1 Å². The van der Waals surface area contributed by atoms with Crippen LogP contribution in [0.3, 0.4) is 0 Å². The first-order chi connectivity index (χ1) is 55.8. The molecular formula is C78H137N19O22. The molecule has 0 fully saturated rings. The van der Waals surface area contributed by atoms with Gasteiger partial charge >= 0.3 is 11.9 Å². The molecule has 0 unspecified atom stereocenters. The summed E-state index contributed by atoms with van der Waals surface area (Å²) in [5.74, 6) is -19.7. The number of hydrogen-bond acceptors (Lipinski definition) is 25. The van der Waals surface area contributed by atoms with Crippen LogP contribution in [0.5, 0.6) is 5.75 Å². The van der Waals surface area contributed by atoms with Gasteiger partial charge in [-0.3, -0.25) is 76.7 Å². The van der Waals surface area contributed by atoms with Gasteiger partial charge in [0.25, 0.3) is 0 Å². The maximum absolute atomic E-state index is 14.6. The van der Waals surface area contributed by atoms with Gasteiger partial charge in [0, 0.05) is 12.8 Å². The molecule has 0 bridgehead atoms. The molecule has 0 saturated carbocycles. The molecule has 1 aromatic carbocycles. The molecule has 0 heterocycles. The Morgan fingerprint density at radius 1 is 0.328 bits per heavy atom. The van der Waals surface area contributed by atoms with Crippen LogP contribution in [0, 0.1) is 29.6 Å². The molecular weight excluding hydrogens is 1550 g/mol. The number of carboxylic acid groups (broad SMARTS) is 2. The van der Waals surface area contributed by atoms with Crippen LogP contribution in [0.1, 0.15) is 192 Å².